The molecule has 0 bridgehead atoms. The summed E-state index contributed by atoms with van der Waals surface area (Å²) in [6.07, 6.45) is 6.45. The van der Waals surface area contributed by atoms with Crippen LogP contribution in [0.2, 0.25) is 0 Å². The molecule has 162 valence electrons. The molecular weight excluding hydrogens is 404 g/mol. The highest BCUT2D eigenvalue weighted by atomic mass is 16.5. The molecule has 4 aromatic rings. The summed E-state index contributed by atoms with van der Waals surface area (Å²) in [7, 11) is 0. The van der Waals surface area contributed by atoms with Crippen LogP contribution in [0.4, 0.5) is 5.82 Å². The smallest absolute Gasteiger partial charge is 0.253 e. The van der Waals surface area contributed by atoms with E-state index in [1.54, 1.807) is 6.20 Å². The number of rotatable bonds is 5. The van der Waals surface area contributed by atoms with Gasteiger partial charge in [-0.2, -0.15) is 4.98 Å². The van der Waals surface area contributed by atoms with Gasteiger partial charge in [0.05, 0.1) is 0 Å². The second-order valence-corrected chi connectivity index (χ2v) is 7.69. The number of nitrogens with zero attached hydrogens (tertiary/aromatic N) is 6. The van der Waals surface area contributed by atoms with Crippen molar-refractivity contribution in [1.82, 2.24) is 24.6 Å². The number of carbonyl (C=O) groups excluding carboxylic acids is 1. The summed E-state index contributed by atoms with van der Waals surface area (Å²) in [5.41, 5.74) is 2.58. The number of pyridine rings is 1. The number of benzene rings is 1. The SMILES string of the molecule is CCc1nc(-c2ccc(N3CCN(C(=O)c4ccc(-n5cccc5)cc4)CC3)nc2)no1. The van der Waals surface area contributed by atoms with Gasteiger partial charge >= 0.3 is 0 Å². The van der Waals surface area contributed by atoms with E-state index in [9.17, 15) is 4.79 Å². The van der Waals surface area contributed by atoms with Crippen molar-refractivity contribution >= 4 is 11.7 Å². The molecule has 3 aromatic heterocycles. The van der Waals surface area contributed by atoms with Crippen LogP contribution in [0, 0.1) is 0 Å². The second kappa shape index (κ2) is 8.66. The van der Waals surface area contributed by atoms with Crippen molar-refractivity contribution in [2.24, 2.45) is 0 Å². The summed E-state index contributed by atoms with van der Waals surface area (Å²) in [5, 5.41) is 3.99. The molecule has 4 heterocycles. The molecule has 1 fully saturated rings. The maximum Gasteiger partial charge on any atom is 0.253 e. The van der Waals surface area contributed by atoms with Gasteiger partial charge in [-0.15, -0.1) is 0 Å². The fraction of sp³-hybridized carbons (Fsp3) is 0.250. The fourth-order valence-electron chi connectivity index (χ4n) is 3.83. The molecule has 1 aliphatic rings. The van der Waals surface area contributed by atoms with E-state index in [4.69, 9.17) is 4.52 Å². The van der Waals surface area contributed by atoms with Gasteiger partial charge in [-0.3, -0.25) is 4.79 Å². The Hall–Kier alpha value is -3.94. The standard InChI is InChI=1S/C24H24N6O2/c1-2-22-26-23(27-32-22)19-7-10-21(25-17-19)29-13-15-30(16-14-29)24(31)18-5-8-20(9-6-18)28-11-3-4-12-28/h3-12,17H,2,13-16H2,1H3. The fourth-order valence-corrected chi connectivity index (χ4v) is 3.83. The van der Waals surface area contributed by atoms with Crippen LogP contribution in [0.25, 0.3) is 17.1 Å². The molecule has 0 saturated carbocycles. The predicted octanol–water partition coefficient (Wildman–Crippen LogP) is 3.45. The Labute approximate surface area is 186 Å². The van der Waals surface area contributed by atoms with Gasteiger partial charge in [0.2, 0.25) is 11.7 Å². The first-order valence-corrected chi connectivity index (χ1v) is 10.8. The van der Waals surface area contributed by atoms with E-state index in [1.807, 2.05) is 77.3 Å². The number of anilines is 1. The van der Waals surface area contributed by atoms with Crippen LogP contribution >= 0.6 is 0 Å². The third-order valence-corrected chi connectivity index (χ3v) is 5.68. The third-order valence-electron chi connectivity index (χ3n) is 5.68. The van der Waals surface area contributed by atoms with Gasteiger partial charge in [0.15, 0.2) is 0 Å². The van der Waals surface area contributed by atoms with Crippen LogP contribution in [-0.4, -0.2) is 56.7 Å². The van der Waals surface area contributed by atoms with E-state index in [0.29, 0.717) is 36.8 Å². The van der Waals surface area contributed by atoms with Gasteiger partial charge in [0, 0.05) is 68.0 Å². The van der Waals surface area contributed by atoms with Crippen molar-refractivity contribution in [3.63, 3.8) is 0 Å². The molecule has 1 aromatic carbocycles. The van der Waals surface area contributed by atoms with Crippen LogP contribution in [0.3, 0.4) is 0 Å². The summed E-state index contributed by atoms with van der Waals surface area (Å²) in [4.78, 5) is 25.9. The Kier molecular flexibility index (Phi) is 5.41. The number of carbonyl (C=O) groups is 1. The Morgan fingerprint density at radius 1 is 1.00 bits per heavy atom. The lowest BCUT2D eigenvalue weighted by atomic mass is 10.1. The van der Waals surface area contributed by atoms with Gasteiger partial charge in [-0.05, 0) is 48.5 Å². The molecular formula is C24H24N6O2. The molecule has 0 radical (unpaired) electrons. The zero-order valence-corrected chi connectivity index (χ0v) is 17.9. The molecule has 1 aliphatic heterocycles. The molecule has 8 heteroatoms. The van der Waals surface area contributed by atoms with Crippen molar-refractivity contribution < 1.29 is 9.32 Å². The topological polar surface area (TPSA) is 80.3 Å². The van der Waals surface area contributed by atoms with Crippen LogP contribution in [0.15, 0.2) is 71.6 Å². The minimum absolute atomic E-state index is 0.0656. The number of piperazine rings is 1. The first kappa shape index (κ1) is 20.0. The average Bonchev–Trinajstić information content (AvgIpc) is 3.57. The van der Waals surface area contributed by atoms with E-state index in [-0.39, 0.29) is 5.91 Å². The van der Waals surface area contributed by atoms with Gasteiger partial charge < -0.3 is 18.9 Å². The molecule has 1 amide bonds. The van der Waals surface area contributed by atoms with E-state index >= 15 is 0 Å². The average molecular weight is 428 g/mol. The summed E-state index contributed by atoms with van der Waals surface area (Å²) >= 11 is 0. The molecule has 32 heavy (non-hydrogen) atoms. The Balaban J connectivity index is 1.20. The van der Waals surface area contributed by atoms with Crippen molar-refractivity contribution in [3.05, 3.63) is 78.6 Å². The van der Waals surface area contributed by atoms with Gasteiger partial charge in [0.25, 0.3) is 5.91 Å². The minimum Gasteiger partial charge on any atom is -0.353 e. The van der Waals surface area contributed by atoms with Gasteiger partial charge in [-0.1, -0.05) is 12.1 Å². The Morgan fingerprint density at radius 3 is 2.38 bits per heavy atom. The van der Waals surface area contributed by atoms with Crippen LogP contribution in [0.5, 0.6) is 0 Å². The highest BCUT2D eigenvalue weighted by molar-refractivity contribution is 5.94. The van der Waals surface area contributed by atoms with Crippen LogP contribution in [0.1, 0.15) is 23.2 Å². The summed E-state index contributed by atoms with van der Waals surface area (Å²) in [6.45, 7) is 4.77. The maximum absolute atomic E-state index is 12.9. The quantitative estimate of drug-likeness (QED) is 0.484. The lowest BCUT2D eigenvalue weighted by Gasteiger charge is -2.35. The lowest BCUT2D eigenvalue weighted by Crippen LogP contribution is -2.49. The second-order valence-electron chi connectivity index (χ2n) is 7.69. The van der Waals surface area contributed by atoms with E-state index in [1.165, 1.54) is 0 Å². The first-order chi connectivity index (χ1) is 15.7. The molecule has 5 rings (SSSR count). The number of aryl methyl sites for hydroxylation is 1. The van der Waals surface area contributed by atoms with Gasteiger partial charge in [-0.25, -0.2) is 4.98 Å². The highest BCUT2D eigenvalue weighted by Crippen LogP contribution is 2.20. The van der Waals surface area contributed by atoms with E-state index in [2.05, 4.69) is 20.0 Å². The third kappa shape index (κ3) is 3.99. The minimum atomic E-state index is 0.0656. The summed E-state index contributed by atoms with van der Waals surface area (Å²) < 4.78 is 7.19. The molecule has 0 N–H and O–H groups in total. The molecule has 0 atom stereocenters. The maximum atomic E-state index is 12.9. The largest absolute Gasteiger partial charge is 0.353 e. The van der Waals surface area contributed by atoms with Gasteiger partial charge in [0.1, 0.15) is 5.82 Å². The number of hydrogen-bond donors (Lipinski definition) is 0. The summed E-state index contributed by atoms with van der Waals surface area (Å²) in [5.74, 6) is 2.12. The zero-order valence-electron chi connectivity index (χ0n) is 17.9. The van der Waals surface area contributed by atoms with Crippen molar-refractivity contribution in [3.8, 4) is 17.1 Å². The highest BCUT2D eigenvalue weighted by Gasteiger charge is 2.23. The molecule has 8 nitrogen and oxygen atoms in total. The first-order valence-electron chi connectivity index (χ1n) is 10.8. The Morgan fingerprint density at radius 2 is 1.75 bits per heavy atom. The monoisotopic (exact) mass is 428 g/mol. The number of amides is 1. The number of aromatic nitrogens is 4. The predicted molar refractivity (Wildman–Crippen MR) is 121 cm³/mol. The molecule has 0 aliphatic carbocycles. The van der Waals surface area contributed by atoms with Crippen molar-refractivity contribution in [2.45, 2.75) is 13.3 Å². The van der Waals surface area contributed by atoms with E-state index in [0.717, 1.165) is 30.2 Å². The number of hydrogen-bond acceptors (Lipinski definition) is 6. The van der Waals surface area contributed by atoms with E-state index < -0.39 is 0 Å². The lowest BCUT2D eigenvalue weighted by molar-refractivity contribution is 0.0746. The van der Waals surface area contributed by atoms with Crippen molar-refractivity contribution in [1.29, 1.82) is 0 Å². The normalized spacial score (nSPS) is 14.0. The Bertz CT molecular complexity index is 1170. The molecule has 0 spiro atoms. The van der Waals surface area contributed by atoms with Crippen molar-refractivity contribution in [2.75, 3.05) is 31.1 Å². The molecule has 0 unspecified atom stereocenters. The summed E-state index contributed by atoms with van der Waals surface area (Å²) in [6, 6.07) is 15.6. The zero-order chi connectivity index (χ0) is 21.9. The van der Waals surface area contributed by atoms with Crippen LogP contribution < -0.4 is 4.90 Å². The van der Waals surface area contributed by atoms with Crippen LogP contribution in [-0.2, 0) is 6.42 Å². The molecule has 1 saturated heterocycles.